The Labute approximate surface area is 149 Å². The largest absolute Gasteiger partial charge is 0.481 e. The normalized spacial score (nSPS) is 12.7. The lowest BCUT2D eigenvalue weighted by Crippen LogP contribution is -2.38. The monoisotopic (exact) mass is 351 g/mol. The Morgan fingerprint density at radius 2 is 1.92 bits per heavy atom. The molecule has 6 nitrogen and oxygen atoms in total. The summed E-state index contributed by atoms with van der Waals surface area (Å²) in [5.74, 6) is -0.871. The third-order valence-corrected chi connectivity index (χ3v) is 3.76. The van der Waals surface area contributed by atoms with Gasteiger partial charge in [-0.3, -0.25) is 9.59 Å². The number of benzene rings is 1. The first-order valence-corrected chi connectivity index (χ1v) is 8.53. The van der Waals surface area contributed by atoms with Crippen LogP contribution in [-0.4, -0.2) is 34.2 Å². The van der Waals surface area contributed by atoms with E-state index in [1.54, 1.807) is 6.07 Å². The molecule has 1 rings (SSSR count). The van der Waals surface area contributed by atoms with Gasteiger partial charge in [-0.05, 0) is 50.8 Å². The zero-order valence-corrected chi connectivity index (χ0v) is 15.5. The van der Waals surface area contributed by atoms with Crippen LogP contribution in [0.1, 0.15) is 64.0 Å². The summed E-state index contributed by atoms with van der Waals surface area (Å²) in [6.07, 6.45) is 0.195. The molecule has 0 heterocycles. The van der Waals surface area contributed by atoms with Gasteiger partial charge >= 0.3 is 11.9 Å². The predicted octanol–water partition coefficient (Wildman–Crippen LogP) is 2.83. The van der Waals surface area contributed by atoms with Gasteiger partial charge in [0.15, 0.2) is 0 Å². The summed E-state index contributed by atoms with van der Waals surface area (Å²) in [7, 11) is 0. The second-order valence-electron chi connectivity index (χ2n) is 7.28. The molecule has 0 saturated heterocycles. The van der Waals surface area contributed by atoms with Crippen LogP contribution in [0.25, 0.3) is 0 Å². The van der Waals surface area contributed by atoms with Gasteiger partial charge in [-0.1, -0.05) is 13.0 Å². The molecule has 25 heavy (non-hydrogen) atoms. The van der Waals surface area contributed by atoms with E-state index in [9.17, 15) is 14.7 Å². The quantitative estimate of drug-likeness (QED) is 0.468. The number of carbonyl (C=O) groups is 2. The zero-order valence-electron chi connectivity index (χ0n) is 15.5. The molecule has 3 N–H and O–H groups in total. The third kappa shape index (κ3) is 8.14. The first kappa shape index (κ1) is 21.1. The van der Waals surface area contributed by atoms with E-state index >= 15 is 0 Å². The maximum atomic E-state index is 11.8. The van der Waals surface area contributed by atoms with Crippen LogP contribution in [0.2, 0.25) is 0 Å². The summed E-state index contributed by atoms with van der Waals surface area (Å²) in [6, 6.07) is 5.41. The molecule has 0 aliphatic carbocycles. The van der Waals surface area contributed by atoms with Crippen molar-refractivity contribution < 1.29 is 24.5 Å². The van der Waals surface area contributed by atoms with Crippen LogP contribution in [-0.2, 0) is 16.2 Å². The second kappa shape index (κ2) is 9.53. The van der Waals surface area contributed by atoms with Gasteiger partial charge in [0.1, 0.15) is 5.75 Å². The summed E-state index contributed by atoms with van der Waals surface area (Å²) in [4.78, 5) is 22.3. The number of nitrogens with one attached hydrogen (secondary N) is 1. The molecule has 1 aromatic rings. The Hall–Kier alpha value is -1.92. The van der Waals surface area contributed by atoms with Crippen LogP contribution in [0.15, 0.2) is 18.2 Å². The molecule has 0 saturated carbocycles. The highest BCUT2D eigenvalue weighted by Crippen LogP contribution is 2.25. The third-order valence-electron chi connectivity index (χ3n) is 3.76. The first-order valence-electron chi connectivity index (χ1n) is 8.53. The van der Waals surface area contributed by atoms with E-state index in [4.69, 9.17) is 9.84 Å². The second-order valence-corrected chi connectivity index (χ2v) is 7.28. The topological polar surface area (TPSA) is 95.9 Å². The molecular formula is C19H29NO5. The van der Waals surface area contributed by atoms with E-state index < -0.39 is 11.9 Å². The van der Waals surface area contributed by atoms with Crippen LogP contribution in [0, 0.1) is 0 Å². The Bertz CT molecular complexity index is 592. The molecular weight excluding hydrogens is 322 g/mol. The van der Waals surface area contributed by atoms with Crippen LogP contribution >= 0.6 is 0 Å². The number of ether oxygens (including phenoxy) is 1. The van der Waals surface area contributed by atoms with Gasteiger partial charge in [0, 0.05) is 30.5 Å². The number of esters is 1. The lowest BCUT2D eigenvalue weighted by atomic mass is 9.97. The van der Waals surface area contributed by atoms with Crippen molar-refractivity contribution in [1.82, 2.24) is 5.32 Å². The van der Waals surface area contributed by atoms with Gasteiger partial charge in [-0.25, -0.2) is 0 Å². The van der Waals surface area contributed by atoms with Crippen molar-refractivity contribution in [2.75, 3.05) is 6.54 Å². The molecule has 1 aromatic carbocycles. The molecule has 0 fully saturated rings. The Balaban J connectivity index is 2.71. The summed E-state index contributed by atoms with van der Waals surface area (Å²) in [5, 5.41) is 21.6. The van der Waals surface area contributed by atoms with E-state index in [1.165, 1.54) is 0 Å². The van der Waals surface area contributed by atoms with Crippen molar-refractivity contribution in [1.29, 1.82) is 0 Å². The number of carboxylic acids is 1. The van der Waals surface area contributed by atoms with Crippen LogP contribution < -0.4 is 10.1 Å². The SMILES string of the molecule is CC(CNC(C)(C)C)c1ccc(OC(=O)CCCC(=O)O)c(CO)c1. The highest BCUT2D eigenvalue weighted by molar-refractivity contribution is 5.74. The summed E-state index contributed by atoms with van der Waals surface area (Å²) in [5.41, 5.74) is 1.62. The number of hydrogen-bond acceptors (Lipinski definition) is 5. The average molecular weight is 351 g/mol. The lowest BCUT2D eigenvalue weighted by molar-refractivity contribution is -0.137. The number of hydrogen-bond donors (Lipinski definition) is 3. The molecule has 1 atom stereocenters. The van der Waals surface area contributed by atoms with Crippen molar-refractivity contribution >= 4 is 11.9 Å². The van der Waals surface area contributed by atoms with Gasteiger partial charge in [0.2, 0.25) is 0 Å². The van der Waals surface area contributed by atoms with Crippen molar-refractivity contribution in [3.63, 3.8) is 0 Å². The summed E-state index contributed by atoms with van der Waals surface area (Å²) >= 11 is 0. The molecule has 0 amide bonds. The maximum Gasteiger partial charge on any atom is 0.311 e. The molecule has 0 radical (unpaired) electrons. The summed E-state index contributed by atoms with van der Waals surface area (Å²) in [6.45, 7) is 8.96. The van der Waals surface area contributed by atoms with E-state index in [2.05, 4.69) is 33.0 Å². The standard InChI is InChI=1S/C19H29NO5/c1-13(11-20-19(2,3)4)14-8-9-16(15(10-14)12-21)25-18(24)7-5-6-17(22)23/h8-10,13,20-21H,5-7,11-12H2,1-4H3,(H,22,23). The van der Waals surface area contributed by atoms with Crippen molar-refractivity contribution in [2.24, 2.45) is 0 Å². The van der Waals surface area contributed by atoms with Crippen molar-refractivity contribution in [3.05, 3.63) is 29.3 Å². The van der Waals surface area contributed by atoms with E-state index in [-0.39, 0.29) is 37.3 Å². The zero-order chi connectivity index (χ0) is 19.0. The number of aliphatic carboxylic acids is 1. The number of aliphatic hydroxyl groups is 1. The van der Waals surface area contributed by atoms with Gasteiger partial charge < -0.3 is 20.3 Å². The van der Waals surface area contributed by atoms with Crippen LogP contribution in [0.5, 0.6) is 5.75 Å². The van der Waals surface area contributed by atoms with E-state index in [0.717, 1.165) is 12.1 Å². The smallest absolute Gasteiger partial charge is 0.311 e. The number of carboxylic acid groups (broad SMARTS) is 1. The molecule has 0 aliphatic rings. The Morgan fingerprint density at radius 1 is 1.24 bits per heavy atom. The molecule has 6 heteroatoms. The number of aliphatic hydroxyl groups excluding tert-OH is 1. The van der Waals surface area contributed by atoms with Gasteiger partial charge in [-0.15, -0.1) is 0 Å². The number of carbonyl (C=O) groups excluding carboxylic acids is 1. The molecule has 140 valence electrons. The molecule has 0 spiro atoms. The summed E-state index contributed by atoms with van der Waals surface area (Å²) < 4.78 is 5.26. The number of rotatable bonds is 9. The fourth-order valence-electron chi connectivity index (χ4n) is 2.26. The molecule has 1 unspecified atom stereocenters. The lowest BCUT2D eigenvalue weighted by Gasteiger charge is -2.24. The molecule has 0 bridgehead atoms. The molecule has 0 aromatic heterocycles. The first-order chi connectivity index (χ1) is 11.6. The highest BCUT2D eigenvalue weighted by atomic mass is 16.5. The van der Waals surface area contributed by atoms with Gasteiger partial charge in [-0.2, -0.15) is 0 Å². The minimum Gasteiger partial charge on any atom is -0.481 e. The Morgan fingerprint density at radius 3 is 2.48 bits per heavy atom. The van der Waals surface area contributed by atoms with Crippen molar-refractivity contribution in [2.45, 2.75) is 65.0 Å². The van der Waals surface area contributed by atoms with E-state index in [0.29, 0.717) is 11.3 Å². The average Bonchev–Trinajstić information content (AvgIpc) is 2.51. The maximum absolute atomic E-state index is 11.8. The van der Waals surface area contributed by atoms with Crippen LogP contribution in [0.4, 0.5) is 0 Å². The minimum absolute atomic E-state index is 0.0273. The minimum atomic E-state index is -0.939. The van der Waals surface area contributed by atoms with Gasteiger partial charge in [0.05, 0.1) is 6.61 Å². The fraction of sp³-hybridized carbons (Fsp3) is 0.579. The highest BCUT2D eigenvalue weighted by Gasteiger charge is 2.15. The predicted molar refractivity (Wildman–Crippen MR) is 95.7 cm³/mol. The fourth-order valence-corrected chi connectivity index (χ4v) is 2.26. The Kier molecular flexibility index (Phi) is 8.06. The van der Waals surface area contributed by atoms with Crippen LogP contribution in [0.3, 0.4) is 0 Å². The molecule has 0 aliphatic heterocycles. The van der Waals surface area contributed by atoms with E-state index in [1.807, 2.05) is 12.1 Å². The van der Waals surface area contributed by atoms with Gasteiger partial charge in [0.25, 0.3) is 0 Å². The van der Waals surface area contributed by atoms with Crippen molar-refractivity contribution in [3.8, 4) is 5.75 Å².